The molecule has 1 amide bonds. The number of fused-ring (bicyclic) bond motifs is 1. The molecule has 0 spiro atoms. The predicted octanol–water partition coefficient (Wildman–Crippen LogP) is 4.74. The lowest BCUT2D eigenvalue weighted by Gasteiger charge is -2.13. The second-order valence-electron chi connectivity index (χ2n) is 7.39. The zero-order valence-corrected chi connectivity index (χ0v) is 19.0. The summed E-state index contributed by atoms with van der Waals surface area (Å²) in [6.45, 7) is 7.86. The monoisotopic (exact) mass is 436 g/mol. The summed E-state index contributed by atoms with van der Waals surface area (Å²) in [5.74, 6) is 1.13. The number of amides is 1. The Balaban J connectivity index is 1.54. The van der Waals surface area contributed by atoms with Crippen LogP contribution in [-0.2, 0) is 4.79 Å². The Kier molecular flexibility index (Phi) is 5.65. The first-order chi connectivity index (χ1) is 14.9. The zero-order chi connectivity index (χ0) is 22.1. The number of ether oxygens (including phenoxy) is 2. The molecular weight excluding hydrogens is 412 g/mol. The summed E-state index contributed by atoms with van der Waals surface area (Å²) in [5.41, 5.74) is 5.62. The number of methoxy groups -OCH3 is 1. The highest BCUT2D eigenvalue weighted by molar-refractivity contribution is 7.21. The Morgan fingerprint density at radius 3 is 2.45 bits per heavy atom. The van der Waals surface area contributed by atoms with Crippen LogP contribution in [0.4, 0.5) is 5.69 Å². The van der Waals surface area contributed by atoms with Gasteiger partial charge in [-0.05, 0) is 75.2 Å². The van der Waals surface area contributed by atoms with E-state index in [0.29, 0.717) is 5.75 Å². The van der Waals surface area contributed by atoms with Crippen LogP contribution in [0.3, 0.4) is 0 Å². The maximum Gasteiger partial charge on any atom is 0.262 e. The average Bonchev–Trinajstić information content (AvgIpc) is 3.32. The predicted molar refractivity (Wildman–Crippen MR) is 123 cm³/mol. The van der Waals surface area contributed by atoms with Gasteiger partial charge >= 0.3 is 0 Å². The fourth-order valence-electron chi connectivity index (χ4n) is 3.48. The molecule has 2 heterocycles. The Morgan fingerprint density at radius 1 is 1.10 bits per heavy atom. The van der Waals surface area contributed by atoms with Crippen molar-refractivity contribution in [3.8, 4) is 16.6 Å². The number of rotatable bonds is 6. The first-order valence-electron chi connectivity index (χ1n) is 9.87. The normalized spacial score (nSPS) is 11.0. The molecule has 0 atom stereocenters. The molecule has 0 saturated heterocycles. The minimum absolute atomic E-state index is 0.0804. The van der Waals surface area contributed by atoms with Crippen LogP contribution >= 0.6 is 11.3 Å². The third-order valence-corrected chi connectivity index (χ3v) is 6.16. The standard InChI is InChI=1S/C23H24N4O3S/c1-13-10-19-22(31-23(24-19)27-15(3)11-14(2)26-27)16(4)21(13)25-20(28)12-30-18-8-6-17(29-5)7-9-18/h6-11H,12H2,1-5H3,(H,25,28). The molecule has 0 aliphatic heterocycles. The van der Waals surface area contributed by atoms with E-state index in [1.165, 1.54) is 0 Å². The lowest BCUT2D eigenvalue weighted by atomic mass is 10.1. The molecule has 1 N–H and O–H groups in total. The van der Waals surface area contributed by atoms with E-state index >= 15 is 0 Å². The SMILES string of the molecule is COc1ccc(OCC(=O)Nc2c(C)cc3nc(-n4nc(C)cc4C)sc3c2C)cc1. The van der Waals surface area contributed by atoms with Gasteiger partial charge in [-0.3, -0.25) is 4.79 Å². The fourth-order valence-corrected chi connectivity index (χ4v) is 4.54. The summed E-state index contributed by atoms with van der Waals surface area (Å²) in [5, 5.41) is 8.34. The highest BCUT2D eigenvalue weighted by Crippen LogP contribution is 2.34. The first-order valence-corrected chi connectivity index (χ1v) is 10.7. The van der Waals surface area contributed by atoms with E-state index in [-0.39, 0.29) is 12.5 Å². The first kappa shape index (κ1) is 20.9. The van der Waals surface area contributed by atoms with Crippen molar-refractivity contribution in [2.75, 3.05) is 19.0 Å². The van der Waals surface area contributed by atoms with Gasteiger partial charge in [0.15, 0.2) is 6.61 Å². The van der Waals surface area contributed by atoms with Crippen molar-refractivity contribution in [2.24, 2.45) is 0 Å². The second-order valence-corrected chi connectivity index (χ2v) is 8.37. The summed E-state index contributed by atoms with van der Waals surface area (Å²) in [6.07, 6.45) is 0. The van der Waals surface area contributed by atoms with Crippen molar-refractivity contribution in [2.45, 2.75) is 27.7 Å². The number of carbonyl (C=O) groups is 1. The van der Waals surface area contributed by atoms with Gasteiger partial charge in [0.25, 0.3) is 5.91 Å². The van der Waals surface area contributed by atoms with Crippen molar-refractivity contribution < 1.29 is 14.3 Å². The van der Waals surface area contributed by atoms with Gasteiger partial charge < -0.3 is 14.8 Å². The van der Waals surface area contributed by atoms with Gasteiger partial charge in [0.1, 0.15) is 11.5 Å². The molecule has 31 heavy (non-hydrogen) atoms. The third-order valence-electron chi connectivity index (χ3n) is 4.99. The Labute approximate surface area is 184 Å². The summed E-state index contributed by atoms with van der Waals surface area (Å²) in [6, 6.07) is 11.1. The van der Waals surface area contributed by atoms with Gasteiger partial charge in [-0.15, -0.1) is 0 Å². The number of thiazole rings is 1. The van der Waals surface area contributed by atoms with Crippen LogP contribution in [0.25, 0.3) is 15.3 Å². The average molecular weight is 437 g/mol. The molecule has 2 aromatic heterocycles. The van der Waals surface area contributed by atoms with Crippen LogP contribution in [0, 0.1) is 27.7 Å². The smallest absolute Gasteiger partial charge is 0.262 e. The molecule has 0 unspecified atom stereocenters. The molecule has 4 aromatic rings. The quantitative estimate of drug-likeness (QED) is 0.472. The lowest BCUT2D eigenvalue weighted by molar-refractivity contribution is -0.118. The number of aromatic nitrogens is 3. The molecule has 8 heteroatoms. The number of hydrogen-bond donors (Lipinski definition) is 1. The topological polar surface area (TPSA) is 78.3 Å². The van der Waals surface area contributed by atoms with Crippen LogP contribution in [0.2, 0.25) is 0 Å². The van der Waals surface area contributed by atoms with E-state index in [4.69, 9.17) is 14.5 Å². The third kappa shape index (κ3) is 4.25. The summed E-state index contributed by atoms with van der Waals surface area (Å²) in [7, 11) is 1.61. The molecule has 160 valence electrons. The number of carbonyl (C=O) groups excluding carboxylic acids is 1. The van der Waals surface area contributed by atoms with E-state index < -0.39 is 0 Å². The van der Waals surface area contributed by atoms with Crippen LogP contribution in [0.1, 0.15) is 22.5 Å². The molecule has 0 fully saturated rings. The van der Waals surface area contributed by atoms with Gasteiger partial charge in [-0.25, -0.2) is 9.67 Å². The van der Waals surface area contributed by atoms with E-state index in [9.17, 15) is 4.79 Å². The van der Waals surface area contributed by atoms with Crippen LogP contribution < -0.4 is 14.8 Å². The largest absolute Gasteiger partial charge is 0.497 e. The molecule has 0 bridgehead atoms. The van der Waals surface area contributed by atoms with Crippen molar-refractivity contribution in [1.82, 2.24) is 14.8 Å². The zero-order valence-electron chi connectivity index (χ0n) is 18.1. The van der Waals surface area contributed by atoms with Crippen LogP contribution in [-0.4, -0.2) is 34.4 Å². The molecule has 0 aliphatic carbocycles. The Morgan fingerprint density at radius 2 is 1.81 bits per heavy atom. The molecular formula is C23H24N4O3S. The van der Waals surface area contributed by atoms with Crippen LogP contribution in [0.5, 0.6) is 11.5 Å². The molecule has 0 saturated carbocycles. The van der Waals surface area contributed by atoms with Gasteiger partial charge in [-0.1, -0.05) is 11.3 Å². The van der Waals surface area contributed by atoms with E-state index in [1.807, 2.05) is 44.5 Å². The highest BCUT2D eigenvalue weighted by Gasteiger charge is 2.16. The fraction of sp³-hybridized carbons (Fsp3) is 0.261. The molecule has 7 nitrogen and oxygen atoms in total. The van der Waals surface area contributed by atoms with Crippen molar-refractivity contribution >= 4 is 33.1 Å². The number of anilines is 1. The van der Waals surface area contributed by atoms with Crippen molar-refractivity contribution in [3.63, 3.8) is 0 Å². The Hall–Kier alpha value is -3.39. The van der Waals surface area contributed by atoms with E-state index in [2.05, 4.69) is 10.4 Å². The number of nitrogens with zero attached hydrogens (tertiary/aromatic N) is 3. The van der Waals surface area contributed by atoms with Gasteiger partial charge in [-0.2, -0.15) is 5.10 Å². The molecule has 4 rings (SSSR count). The summed E-state index contributed by atoms with van der Waals surface area (Å²) < 4.78 is 13.6. The van der Waals surface area contributed by atoms with Crippen LogP contribution in [0.15, 0.2) is 36.4 Å². The maximum atomic E-state index is 12.5. The number of benzene rings is 2. The maximum absolute atomic E-state index is 12.5. The second kappa shape index (κ2) is 8.39. The number of nitrogens with one attached hydrogen (secondary N) is 1. The molecule has 2 aromatic carbocycles. The number of aryl methyl sites for hydroxylation is 4. The lowest BCUT2D eigenvalue weighted by Crippen LogP contribution is -2.21. The minimum atomic E-state index is -0.218. The van der Waals surface area contributed by atoms with Gasteiger partial charge in [0.05, 0.1) is 23.0 Å². The summed E-state index contributed by atoms with van der Waals surface area (Å²) in [4.78, 5) is 17.3. The highest BCUT2D eigenvalue weighted by atomic mass is 32.1. The molecule has 0 radical (unpaired) electrons. The van der Waals surface area contributed by atoms with Crippen molar-refractivity contribution in [1.29, 1.82) is 0 Å². The molecule has 0 aliphatic rings. The van der Waals surface area contributed by atoms with E-state index in [0.717, 1.165) is 49.3 Å². The van der Waals surface area contributed by atoms with Gasteiger partial charge in [0.2, 0.25) is 5.13 Å². The summed E-state index contributed by atoms with van der Waals surface area (Å²) >= 11 is 1.56. The van der Waals surface area contributed by atoms with E-state index in [1.54, 1.807) is 42.7 Å². The van der Waals surface area contributed by atoms with Crippen molar-refractivity contribution in [3.05, 3.63) is 58.9 Å². The Bertz CT molecular complexity index is 1260. The number of hydrogen-bond acceptors (Lipinski definition) is 6. The van der Waals surface area contributed by atoms with Gasteiger partial charge in [0, 0.05) is 11.4 Å². The minimum Gasteiger partial charge on any atom is -0.497 e.